The number of nitrogens with one attached hydrogen (secondary N) is 4. The molecule has 27 heavy (non-hydrogen) atoms. The number of fused-ring (bicyclic) bond motifs is 1. The molecule has 0 unspecified atom stereocenters. The summed E-state index contributed by atoms with van der Waals surface area (Å²) in [5.41, 5.74) is 1.60. The normalized spacial score (nSPS) is 11.8. The molecule has 0 radical (unpaired) electrons. The summed E-state index contributed by atoms with van der Waals surface area (Å²) in [7, 11) is 0. The molecule has 140 valence electrons. The lowest BCUT2D eigenvalue weighted by Crippen LogP contribution is -2.42. The first kappa shape index (κ1) is 19.2. The van der Waals surface area contributed by atoms with Crippen LogP contribution in [0.4, 0.5) is 5.69 Å². The van der Waals surface area contributed by atoms with E-state index in [0.29, 0.717) is 32.5 Å². The summed E-state index contributed by atoms with van der Waals surface area (Å²) in [6, 6.07) is 9.85. The molecule has 2 aromatic carbocycles. The minimum absolute atomic E-state index is 0.0925. The Balaban J connectivity index is 1.60. The van der Waals surface area contributed by atoms with E-state index in [2.05, 4.69) is 20.6 Å². The smallest absolute Gasteiger partial charge is 0.323 e. The molecule has 0 saturated heterocycles. The maximum atomic E-state index is 12.3. The van der Waals surface area contributed by atoms with Crippen molar-refractivity contribution in [1.29, 1.82) is 0 Å². The largest absolute Gasteiger partial charge is 0.479 e. The van der Waals surface area contributed by atoms with Crippen LogP contribution < -0.4 is 21.1 Å². The Morgan fingerprint density at radius 1 is 1.15 bits per heavy atom. The van der Waals surface area contributed by atoms with Crippen LogP contribution in [0.1, 0.15) is 6.92 Å². The maximum Gasteiger partial charge on any atom is 0.323 e. The molecule has 1 atom stereocenters. The average molecular weight is 425 g/mol. The van der Waals surface area contributed by atoms with Crippen LogP contribution >= 0.6 is 35.4 Å². The summed E-state index contributed by atoms with van der Waals surface area (Å²) in [4.78, 5) is 28.8. The van der Waals surface area contributed by atoms with Crippen molar-refractivity contribution in [1.82, 2.24) is 15.3 Å². The third-order valence-corrected chi connectivity index (χ3v) is 4.31. The van der Waals surface area contributed by atoms with Crippen LogP contribution in [0.5, 0.6) is 5.75 Å². The molecule has 1 aromatic heterocycles. The fourth-order valence-corrected chi connectivity index (χ4v) is 2.97. The number of aromatic amines is 2. The summed E-state index contributed by atoms with van der Waals surface area (Å²) in [5, 5.41) is 6.28. The van der Waals surface area contributed by atoms with E-state index in [9.17, 15) is 9.59 Å². The topological polar surface area (TPSA) is 99.0 Å². The first-order valence-electron chi connectivity index (χ1n) is 7.77. The predicted molar refractivity (Wildman–Crippen MR) is 110 cm³/mol. The number of aromatic nitrogens is 2. The summed E-state index contributed by atoms with van der Waals surface area (Å²) >= 11 is 17.0. The highest BCUT2D eigenvalue weighted by Gasteiger charge is 2.17. The molecule has 1 heterocycles. The predicted octanol–water partition coefficient (Wildman–Crippen LogP) is 3.44. The fraction of sp³-hybridized carbons (Fsp3) is 0.118. The second-order valence-corrected chi connectivity index (χ2v) is 6.87. The number of hydrogen-bond donors (Lipinski definition) is 4. The van der Waals surface area contributed by atoms with Gasteiger partial charge in [-0.05, 0) is 55.5 Å². The molecule has 7 nitrogen and oxygen atoms in total. The average Bonchev–Trinajstić information content (AvgIpc) is 2.96. The van der Waals surface area contributed by atoms with E-state index in [0.717, 1.165) is 0 Å². The van der Waals surface area contributed by atoms with Crippen molar-refractivity contribution in [3.8, 4) is 5.75 Å². The lowest BCUT2D eigenvalue weighted by molar-refractivity contribution is -0.125. The number of halogens is 2. The van der Waals surface area contributed by atoms with Gasteiger partial charge in [0.25, 0.3) is 5.91 Å². The number of anilines is 1. The van der Waals surface area contributed by atoms with E-state index in [4.69, 9.17) is 40.2 Å². The van der Waals surface area contributed by atoms with Gasteiger partial charge in [-0.25, -0.2) is 4.79 Å². The molecule has 0 aliphatic heterocycles. The van der Waals surface area contributed by atoms with Crippen molar-refractivity contribution in [2.24, 2.45) is 0 Å². The van der Waals surface area contributed by atoms with E-state index in [-0.39, 0.29) is 10.8 Å². The first-order chi connectivity index (χ1) is 12.8. The standard InChI is InChI=1S/C17H14Cl2N4O3S/c1-8(26-14-5-2-9(18)6-11(14)19)15(24)23-17(27)20-10-3-4-12-13(7-10)22-16(25)21-12/h2-8H,1H3,(H2,21,22,25)(H2,20,23,24,27)/t8-/m1/s1. The molecular weight excluding hydrogens is 411 g/mol. The van der Waals surface area contributed by atoms with Crippen molar-refractivity contribution in [3.63, 3.8) is 0 Å². The lowest BCUT2D eigenvalue weighted by Gasteiger charge is -2.16. The number of hydrogen-bond acceptors (Lipinski definition) is 4. The van der Waals surface area contributed by atoms with E-state index < -0.39 is 12.0 Å². The van der Waals surface area contributed by atoms with Crippen molar-refractivity contribution < 1.29 is 9.53 Å². The van der Waals surface area contributed by atoms with Crippen LogP contribution in [-0.2, 0) is 4.79 Å². The second kappa shape index (κ2) is 7.99. The van der Waals surface area contributed by atoms with Gasteiger partial charge in [-0.1, -0.05) is 23.2 Å². The van der Waals surface area contributed by atoms with Gasteiger partial charge in [-0.15, -0.1) is 0 Å². The molecule has 0 fully saturated rings. The molecule has 0 aliphatic rings. The minimum atomic E-state index is -0.841. The van der Waals surface area contributed by atoms with Gasteiger partial charge in [0.1, 0.15) is 5.75 Å². The number of imidazole rings is 1. The van der Waals surface area contributed by atoms with Gasteiger partial charge in [-0.3, -0.25) is 10.1 Å². The van der Waals surface area contributed by atoms with Crippen LogP contribution in [0.25, 0.3) is 11.0 Å². The van der Waals surface area contributed by atoms with Gasteiger partial charge in [0.05, 0.1) is 16.1 Å². The van der Waals surface area contributed by atoms with Gasteiger partial charge < -0.3 is 20.0 Å². The Labute approximate surface area is 169 Å². The molecule has 3 aromatic rings. The maximum absolute atomic E-state index is 12.3. The minimum Gasteiger partial charge on any atom is -0.479 e. The van der Waals surface area contributed by atoms with Crippen molar-refractivity contribution in [3.05, 3.63) is 56.9 Å². The van der Waals surface area contributed by atoms with Gasteiger partial charge in [0, 0.05) is 10.7 Å². The zero-order chi connectivity index (χ0) is 19.6. The number of carbonyl (C=O) groups excluding carboxylic acids is 1. The highest BCUT2D eigenvalue weighted by molar-refractivity contribution is 7.80. The quantitative estimate of drug-likeness (QED) is 0.480. The first-order valence-corrected chi connectivity index (χ1v) is 8.94. The summed E-state index contributed by atoms with van der Waals surface area (Å²) in [6.45, 7) is 1.57. The van der Waals surface area contributed by atoms with Crippen molar-refractivity contribution in [2.45, 2.75) is 13.0 Å². The van der Waals surface area contributed by atoms with Crippen molar-refractivity contribution >= 4 is 63.2 Å². The fourth-order valence-electron chi connectivity index (χ4n) is 2.30. The third kappa shape index (κ3) is 4.79. The van der Waals surface area contributed by atoms with E-state index in [1.807, 2.05) is 0 Å². The molecule has 0 bridgehead atoms. The Morgan fingerprint density at radius 2 is 1.89 bits per heavy atom. The van der Waals surface area contributed by atoms with Gasteiger partial charge in [0.15, 0.2) is 11.2 Å². The lowest BCUT2D eigenvalue weighted by atomic mass is 10.3. The summed E-state index contributed by atoms with van der Waals surface area (Å²) in [6.07, 6.45) is -0.841. The van der Waals surface area contributed by atoms with Crippen molar-refractivity contribution in [2.75, 3.05) is 5.32 Å². The number of H-pyrrole nitrogens is 2. The van der Waals surface area contributed by atoms with Crippen LogP contribution in [-0.4, -0.2) is 27.1 Å². The highest BCUT2D eigenvalue weighted by Crippen LogP contribution is 2.28. The molecule has 3 rings (SSSR count). The Morgan fingerprint density at radius 3 is 2.63 bits per heavy atom. The highest BCUT2D eigenvalue weighted by atomic mass is 35.5. The van der Waals surface area contributed by atoms with E-state index in [1.54, 1.807) is 37.3 Å². The Hall–Kier alpha value is -2.55. The molecule has 1 amide bonds. The molecule has 4 N–H and O–H groups in total. The number of benzene rings is 2. The number of ether oxygens (including phenoxy) is 1. The number of carbonyl (C=O) groups is 1. The van der Waals surface area contributed by atoms with Crippen LogP contribution in [0.2, 0.25) is 10.0 Å². The molecule has 10 heteroatoms. The second-order valence-electron chi connectivity index (χ2n) is 5.62. The monoisotopic (exact) mass is 424 g/mol. The number of thiocarbonyl (C=S) groups is 1. The van der Waals surface area contributed by atoms with Crippen LogP contribution in [0.3, 0.4) is 0 Å². The third-order valence-electron chi connectivity index (χ3n) is 3.58. The van der Waals surface area contributed by atoms with Gasteiger partial charge >= 0.3 is 5.69 Å². The zero-order valence-corrected chi connectivity index (χ0v) is 16.3. The number of rotatable bonds is 4. The Kier molecular flexibility index (Phi) is 5.69. The zero-order valence-electron chi connectivity index (χ0n) is 13.9. The van der Waals surface area contributed by atoms with Crippen LogP contribution in [0.15, 0.2) is 41.2 Å². The molecular formula is C17H14Cl2N4O3S. The number of amides is 1. The van der Waals surface area contributed by atoms with Crippen LogP contribution in [0, 0.1) is 0 Å². The molecule has 0 saturated carbocycles. The van der Waals surface area contributed by atoms with E-state index >= 15 is 0 Å². The summed E-state index contributed by atoms with van der Waals surface area (Å²) in [5.74, 6) is -0.112. The molecule has 0 aliphatic carbocycles. The SMILES string of the molecule is C[C@@H](Oc1ccc(Cl)cc1Cl)C(=O)NC(=S)Nc1ccc2[nH]c(=O)[nH]c2c1. The Bertz CT molecular complexity index is 1080. The molecule has 0 spiro atoms. The van der Waals surface area contributed by atoms with Gasteiger partial charge in [0.2, 0.25) is 0 Å². The van der Waals surface area contributed by atoms with E-state index in [1.165, 1.54) is 6.07 Å². The van der Waals surface area contributed by atoms with Gasteiger partial charge in [-0.2, -0.15) is 0 Å². The summed E-state index contributed by atoms with van der Waals surface area (Å²) < 4.78 is 5.54.